The Bertz CT molecular complexity index is 837. The predicted octanol–water partition coefficient (Wildman–Crippen LogP) is 5.90. The van der Waals surface area contributed by atoms with Crippen LogP contribution < -0.4 is 9.64 Å². The number of nitrogens with zero attached hydrogens (tertiary/aromatic N) is 1. The Hall–Kier alpha value is -2.53. The molecular formula is C24H30ClNO4. The standard InChI is InChI=1S/C24H30ClNO4/c1-4-29-23(27)15-6-5-9-16-26(24(28)21-13-7-8-14-22(21)25)19-11-10-12-20(17-19)30-18(2)3/h7-8,10-14,17-18H,4-6,9,15-16H2,1-3H3. The van der Waals surface area contributed by atoms with Gasteiger partial charge >= 0.3 is 5.97 Å². The van der Waals surface area contributed by atoms with Crippen LogP contribution in [0.5, 0.6) is 5.75 Å². The molecule has 0 aliphatic rings. The second-order valence-electron chi connectivity index (χ2n) is 7.22. The molecule has 0 aromatic heterocycles. The molecule has 162 valence electrons. The van der Waals surface area contributed by atoms with Crippen molar-refractivity contribution in [3.63, 3.8) is 0 Å². The molecule has 2 aromatic rings. The fourth-order valence-corrected chi connectivity index (χ4v) is 3.29. The van der Waals surface area contributed by atoms with Gasteiger partial charge in [-0.1, -0.05) is 36.2 Å². The lowest BCUT2D eigenvalue weighted by molar-refractivity contribution is -0.143. The van der Waals surface area contributed by atoms with Crippen LogP contribution in [0.3, 0.4) is 0 Å². The van der Waals surface area contributed by atoms with Crippen LogP contribution in [0.25, 0.3) is 0 Å². The molecule has 30 heavy (non-hydrogen) atoms. The highest BCUT2D eigenvalue weighted by atomic mass is 35.5. The van der Waals surface area contributed by atoms with Crippen molar-refractivity contribution in [1.29, 1.82) is 0 Å². The van der Waals surface area contributed by atoms with Crippen LogP contribution in [-0.4, -0.2) is 31.1 Å². The summed E-state index contributed by atoms with van der Waals surface area (Å²) in [6.45, 7) is 6.63. The van der Waals surface area contributed by atoms with Crippen molar-refractivity contribution >= 4 is 29.2 Å². The predicted molar refractivity (Wildman–Crippen MR) is 120 cm³/mol. The molecule has 0 heterocycles. The average Bonchev–Trinajstić information content (AvgIpc) is 2.70. The van der Waals surface area contributed by atoms with E-state index in [0.29, 0.717) is 35.9 Å². The van der Waals surface area contributed by atoms with Crippen LogP contribution in [0, 0.1) is 0 Å². The summed E-state index contributed by atoms with van der Waals surface area (Å²) in [4.78, 5) is 26.5. The molecule has 0 unspecified atom stereocenters. The SMILES string of the molecule is CCOC(=O)CCCCCN(C(=O)c1ccccc1Cl)c1cccc(OC(C)C)c1. The molecule has 0 aliphatic carbocycles. The fraction of sp³-hybridized carbons (Fsp3) is 0.417. The van der Waals surface area contributed by atoms with Crippen molar-refractivity contribution < 1.29 is 19.1 Å². The maximum atomic E-state index is 13.3. The Morgan fingerprint density at radius 2 is 1.80 bits per heavy atom. The summed E-state index contributed by atoms with van der Waals surface area (Å²) < 4.78 is 10.8. The molecule has 0 N–H and O–H groups in total. The number of rotatable bonds is 11. The van der Waals surface area contributed by atoms with Gasteiger partial charge in [0.15, 0.2) is 0 Å². The highest BCUT2D eigenvalue weighted by Gasteiger charge is 2.20. The molecular weight excluding hydrogens is 402 g/mol. The molecule has 0 spiro atoms. The molecule has 0 atom stereocenters. The van der Waals surface area contributed by atoms with Gasteiger partial charge in [0.05, 0.1) is 23.3 Å². The van der Waals surface area contributed by atoms with Crippen LogP contribution in [0.15, 0.2) is 48.5 Å². The first-order chi connectivity index (χ1) is 14.4. The summed E-state index contributed by atoms with van der Waals surface area (Å²) in [6, 6.07) is 14.6. The third kappa shape index (κ3) is 7.38. The third-order valence-corrected chi connectivity index (χ3v) is 4.75. The number of hydrogen-bond donors (Lipinski definition) is 0. The van der Waals surface area contributed by atoms with Gasteiger partial charge in [-0.15, -0.1) is 0 Å². The van der Waals surface area contributed by atoms with Gasteiger partial charge in [-0.05, 0) is 57.9 Å². The summed E-state index contributed by atoms with van der Waals surface area (Å²) in [5, 5.41) is 0.421. The zero-order chi connectivity index (χ0) is 21.9. The first-order valence-corrected chi connectivity index (χ1v) is 10.8. The lowest BCUT2D eigenvalue weighted by Gasteiger charge is -2.24. The topological polar surface area (TPSA) is 55.8 Å². The zero-order valence-electron chi connectivity index (χ0n) is 17.9. The van der Waals surface area contributed by atoms with Gasteiger partial charge in [0.2, 0.25) is 0 Å². The van der Waals surface area contributed by atoms with E-state index < -0.39 is 0 Å². The number of esters is 1. The van der Waals surface area contributed by atoms with Gasteiger partial charge in [0, 0.05) is 24.7 Å². The van der Waals surface area contributed by atoms with Crippen molar-refractivity contribution in [3.05, 3.63) is 59.1 Å². The van der Waals surface area contributed by atoms with Crippen molar-refractivity contribution in [3.8, 4) is 5.75 Å². The molecule has 0 saturated heterocycles. The van der Waals surface area contributed by atoms with Gasteiger partial charge < -0.3 is 14.4 Å². The number of hydrogen-bond acceptors (Lipinski definition) is 4. The third-order valence-electron chi connectivity index (χ3n) is 4.42. The van der Waals surface area contributed by atoms with Crippen LogP contribution in [0.2, 0.25) is 5.02 Å². The summed E-state index contributed by atoms with van der Waals surface area (Å²) in [7, 11) is 0. The number of amides is 1. The van der Waals surface area contributed by atoms with Gasteiger partial charge in [-0.3, -0.25) is 9.59 Å². The number of benzene rings is 2. The normalized spacial score (nSPS) is 10.7. The van der Waals surface area contributed by atoms with E-state index in [1.165, 1.54) is 0 Å². The van der Waals surface area contributed by atoms with E-state index in [4.69, 9.17) is 21.1 Å². The van der Waals surface area contributed by atoms with Crippen molar-refractivity contribution in [1.82, 2.24) is 0 Å². The lowest BCUT2D eigenvalue weighted by Crippen LogP contribution is -2.32. The van der Waals surface area contributed by atoms with Crippen LogP contribution in [0.1, 0.15) is 56.8 Å². The molecule has 5 nitrogen and oxygen atoms in total. The lowest BCUT2D eigenvalue weighted by atomic mass is 10.1. The second-order valence-corrected chi connectivity index (χ2v) is 7.62. The van der Waals surface area contributed by atoms with Gasteiger partial charge in [0.1, 0.15) is 5.75 Å². The van der Waals surface area contributed by atoms with E-state index in [9.17, 15) is 9.59 Å². The maximum Gasteiger partial charge on any atom is 0.305 e. The number of halogens is 1. The van der Waals surface area contributed by atoms with E-state index in [-0.39, 0.29) is 18.0 Å². The van der Waals surface area contributed by atoms with E-state index >= 15 is 0 Å². The fourth-order valence-electron chi connectivity index (χ4n) is 3.07. The van der Waals surface area contributed by atoms with E-state index in [1.54, 1.807) is 36.1 Å². The average molecular weight is 432 g/mol. The maximum absolute atomic E-state index is 13.3. The minimum Gasteiger partial charge on any atom is -0.491 e. The largest absolute Gasteiger partial charge is 0.491 e. The number of ether oxygens (including phenoxy) is 2. The smallest absolute Gasteiger partial charge is 0.305 e. The molecule has 0 radical (unpaired) electrons. The van der Waals surface area contributed by atoms with Crippen LogP contribution in [0.4, 0.5) is 5.69 Å². The van der Waals surface area contributed by atoms with Crippen LogP contribution >= 0.6 is 11.6 Å². The molecule has 2 aromatic carbocycles. The monoisotopic (exact) mass is 431 g/mol. The molecule has 0 saturated carbocycles. The second kappa shape index (κ2) is 12.2. The summed E-state index contributed by atoms with van der Waals surface area (Å²) >= 11 is 6.28. The van der Waals surface area contributed by atoms with Gasteiger partial charge in [-0.25, -0.2) is 0 Å². The van der Waals surface area contributed by atoms with Crippen molar-refractivity contribution in [2.24, 2.45) is 0 Å². The van der Waals surface area contributed by atoms with E-state index in [1.807, 2.05) is 38.1 Å². The Morgan fingerprint density at radius 3 is 2.50 bits per heavy atom. The van der Waals surface area contributed by atoms with Crippen molar-refractivity contribution in [2.75, 3.05) is 18.1 Å². The van der Waals surface area contributed by atoms with Crippen LogP contribution in [-0.2, 0) is 9.53 Å². The first-order valence-electron chi connectivity index (χ1n) is 10.4. The van der Waals surface area contributed by atoms with Crippen molar-refractivity contribution in [2.45, 2.75) is 52.6 Å². The molecule has 0 fully saturated rings. The molecule has 6 heteroatoms. The Morgan fingerprint density at radius 1 is 1.03 bits per heavy atom. The highest BCUT2D eigenvalue weighted by molar-refractivity contribution is 6.34. The Kier molecular flexibility index (Phi) is 9.68. The minimum absolute atomic E-state index is 0.0378. The summed E-state index contributed by atoms with van der Waals surface area (Å²) in [6.07, 6.45) is 2.72. The summed E-state index contributed by atoms with van der Waals surface area (Å²) in [5.41, 5.74) is 1.21. The van der Waals surface area contributed by atoms with E-state index in [0.717, 1.165) is 24.9 Å². The number of carbonyl (C=O) groups excluding carboxylic acids is 2. The number of anilines is 1. The number of unbranched alkanes of at least 4 members (excludes halogenated alkanes) is 2. The highest BCUT2D eigenvalue weighted by Crippen LogP contribution is 2.26. The van der Waals surface area contributed by atoms with Gasteiger partial charge in [-0.2, -0.15) is 0 Å². The Balaban J connectivity index is 2.14. The quantitative estimate of drug-likeness (QED) is 0.328. The van der Waals surface area contributed by atoms with E-state index in [2.05, 4.69) is 0 Å². The van der Waals surface area contributed by atoms with Gasteiger partial charge in [0.25, 0.3) is 5.91 Å². The molecule has 1 amide bonds. The minimum atomic E-state index is -0.181. The zero-order valence-corrected chi connectivity index (χ0v) is 18.7. The molecule has 0 aliphatic heterocycles. The molecule has 0 bridgehead atoms. The molecule has 2 rings (SSSR count). The Labute approximate surface area is 183 Å². The number of carbonyl (C=O) groups is 2. The first kappa shape index (κ1) is 23.7. The summed E-state index contributed by atoms with van der Waals surface area (Å²) in [5.74, 6) is 0.370.